The fourth-order valence-corrected chi connectivity index (χ4v) is 6.03. The summed E-state index contributed by atoms with van der Waals surface area (Å²) in [6.07, 6.45) is -5.88. The SMILES string of the molecule is CC(=O)OC(C1[C@]2(O)CO[C@@H]2C[C@H](F)[C@@]1(C)C(=O)[C@@H](C)O)[C@]1(O)C[C@H](O)C(C)=CC1(C)C. The molecule has 3 aliphatic rings. The van der Waals surface area contributed by atoms with Gasteiger partial charge in [-0.1, -0.05) is 19.9 Å². The molecule has 0 amide bonds. The Kier molecular flexibility index (Phi) is 6.18. The fraction of sp³-hybridized carbons (Fsp3) is 0.826. The van der Waals surface area contributed by atoms with Gasteiger partial charge in [0.1, 0.15) is 29.6 Å². The molecule has 9 heteroatoms. The zero-order valence-corrected chi connectivity index (χ0v) is 19.5. The van der Waals surface area contributed by atoms with Crippen molar-refractivity contribution in [2.45, 2.75) is 96.2 Å². The maximum Gasteiger partial charge on any atom is 0.303 e. The summed E-state index contributed by atoms with van der Waals surface area (Å²) in [5.74, 6) is -3.10. The van der Waals surface area contributed by atoms with Crippen molar-refractivity contribution in [3.05, 3.63) is 11.6 Å². The number of hydrogen-bond donors (Lipinski definition) is 4. The first kappa shape index (κ1) is 25.2. The summed E-state index contributed by atoms with van der Waals surface area (Å²) in [6, 6.07) is 0. The van der Waals surface area contributed by atoms with Gasteiger partial charge in [-0.2, -0.15) is 0 Å². The average molecular weight is 459 g/mol. The number of ketones is 1. The second-order valence-corrected chi connectivity index (χ2v) is 10.6. The van der Waals surface area contributed by atoms with Crippen molar-refractivity contribution < 1.29 is 43.9 Å². The van der Waals surface area contributed by atoms with Crippen molar-refractivity contribution in [1.29, 1.82) is 0 Å². The molecule has 1 saturated heterocycles. The second-order valence-electron chi connectivity index (χ2n) is 10.6. The first-order valence-corrected chi connectivity index (χ1v) is 11.0. The number of carbonyl (C=O) groups excluding carboxylic acids is 2. The minimum atomic E-state index is -1.99. The highest BCUT2D eigenvalue weighted by Crippen LogP contribution is 2.59. The predicted octanol–water partition coefficient (Wildman–Crippen LogP) is 0.830. The van der Waals surface area contributed by atoms with E-state index >= 15 is 4.39 Å². The number of halogens is 1. The van der Waals surface area contributed by atoms with Crippen molar-refractivity contribution in [3.63, 3.8) is 0 Å². The van der Waals surface area contributed by atoms with Crippen LogP contribution in [0.5, 0.6) is 0 Å². The average Bonchev–Trinajstić information content (AvgIpc) is 2.66. The molecule has 0 aromatic carbocycles. The monoisotopic (exact) mass is 458 g/mol. The lowest BCUT2D eigenvalue weighted by atomic mass is 9.49. The highest BCUT2D eigenvalue weighted by molar-refractivity contribution is 5.89. The quantitative estimate of drug-likeness (QED) is 0.352. The van der Waals surface area contributed by atoms with Gasteiger partial charge in [0.05, 0.1) is 24.2 Å². The van der Waals surface area contributed by atoms with Crippen LogP contribution in [0.1, 0.15) is 54.4 Å². The number of rotatable bonds is 5. The number of aliphatic hydroxyl groups is 4. The zero-order valence-electron chi connectivity index (χ0n) is 19.5. The van der Waals surface area contributed by atoms with Gasteiger partial charge in [0, 0.05) is 31.1 Å². The Bertz CT molecular complexity index is 825. The zero-order chi connectivity index (χ0) is 24.4. The Morgan fingerprint density at radius 3 is 2.34 bits per heavy atom. The second kappa shape index (κ2) is 7.84. The summed E-state index contributed by atoms with van der Waals surface area (Å²) in [7, 11) is 0. The van der Waals surface area contributed by atoms with Crippen molar-refractivity contribution in [3.8, 4) is 0 Å². The standard InChI is InChI=1S/C23H35FO8/c1-11-8-20(4,5)23(30,9-14(11)27)19(32-13(3)26)17-21(6,18(28)12(2)25)15(24)7-16-22(17,29)10-31-16/h8,12,14-17,19,25,27,29-30H,7,9-10H2,1-6H3/t12-,14+,15+,16-,17?,19?,21-,22+,23-/m1/s1. The van der Waals surface area contributed by atoms with Gasteiger partial charge in [-0.05, 0) is 26.3 Å². The maximum atomic E-state index is 15.6. The van der Waals surface area contributed by atoms with Crippen LogP contribution >= 0.6 is 0 Å². The van der Waals surface area contributed by atoms with Gasteiger partial charge in [0.15, 0.2) is 5.78 Å². The third kappa shape index (κ3) is 3.44. The lowest BCUT2D eigenvalue weighted by Gasteiger charge is -2.64. The van der Waals surface area contributed by atoms with Crippen LogP contribution in [0.15, 0.2) is 11.6 Å². The summed E-state index contributed by atoms with van der Waals surface area (Å²) < 4.78 is 26.6. The Morgan fingerprint density at radius 2 is 1.88 bits per heavy atom. The van der Waals surface area contributed by atoms with E-state index in [2.05, 4.69) is 0 Å². The molecule has 182 valence electrons. The number of esters is 1. The van der Waals surface area contributed by atoms with Gasteiger partial charge in [-0.15, -0.1) is 0 Å². The van der Waals surface area contributed by atoms with Gasteiger partial charge in [0.2, 0.25) is 0 Å². The van der Waals surface area contributed by atoms with E-state index in [4.69, 9.17) is 9.47 Å². The number of aliphatic hydroxyl groups excluding tert-OH is 2. The lowest BCUT2D eigenvalue weighted by molar-refractivity contribution is -0.337. The van der Waals surface area contributed by atoms with Gasteiger partial charge in [-0.25, -0.2) is 4.39 Å². The van der Waals surface area contributed by atoms with Crippen LogP contribution in [0.3, 0.4) is 0 Å². The van der Waals surface area contributed by atoms with Crippen molar-refractivity contribution in [2.75, 3.05) is 6.61 Å². The van der Waals surface area contributed by atoms with Gasteiger partial charge < -0.3 is 29.9 Å². The van der Waals surface area contributed by atoms with Crippen LogP contribution in [0.2, 0.25) is 0 Å². The molecule has 2 aliphatic carbocycles. The molecule has 2 fully saturated rings. The molecule has 32 heavy (non-hydrogen) atoms. The van der Waals surface area contributed by atoms with Crippen molar-refractivity contribution in [1.82, 2.24) is 0 Å². The molecular weight excluding hydrogens is 423 g/mol. The Labute approximate surface area is 187 Å². The molecular formula is C23H35FO8. The summed E-state index contributed by atoms with van der Waals surface area (Å²) >= 11 is 0. The van der Waals surface area contributed by atoms with Crippen LogP contribution in [0.25, 0.3) is 0 Å². The molecule has 4 N–H and O–H groups in total. The third-order valence-electron chi connectivity index (χ3n) is 8.04. The largest absolute Gasteiger partial charge is 0.459 e. The smallest absolute Gasteiger partial charge is 0.303 e. The molecule has 8 nitrogen and oxygen atoms in total. The highest BCUT2D eigenvalue weighted by Gasteiger charge is 2.73. The predicted molar refractivity (Wildman–Crippen MR) is 111 cm³/mol. The minimum absolute atomic E-state index is 0.247. The van der Waals surface area contributed by atoms with Crippen molar-refractivity contribution in [2.24, 2.45) is 16.7 Å². The van der Waals surface area contributed by atoms with Crippen LogP contribution < -0.4 is 0 Å². The summed E-state index contributed by atoms with van der Waals surface area (Å²) in [6.45, 7) is 8.44. The van der Waals surface area contributed by atoms with E-state index in [1.807, 2.05) is 0 Å². The molecule has 0 spiro atoms. The van der Waals surface area contributed by atoms with E-state index in [0.717, 1.165) is 6.92 Å². The van der Waals surface area contributed by atoms with Crippen molar-refractivity contribution >= 4 is 11.8 Å². The molecule has 0 aromatic rings. The molecule has 3 rings (SSSR count). The molecule has 0 aromatic heterocycles. The number of Topliss-reactive ketones (excluding diaryl/α,β-unsaturated/α-hetero) is 1. The van der Waals surface area contributed by atoms with Crippen LogP contribution in [0.4, 0.5) is 4.39 Å². The Balaban J connectivity index is 2.26. The molecule has 9 atom stereocenters. The topological polar surface area (TPSA) is 134 Å². The molecule has 2 unspecified atom stereocenters. The maximum absolute atomic E-state index is 15.6. The minimum Gasteiger partial charge on any atom is -0.459 e. The fourth-order valence-electron chi connectivity index (χ4n) is 6.03. The third-order valence-corrected chi connectivity index (χ3v) is 8.04. The number of alkyl halides is 1. The summed E-state index contributed by atoms with van der Waals surface area (Å²) in [5.41, 5.74) is -6.20. The van der Waals surface area contributed by atoms with Crippen LogP contribution in [0, 0.1) is 16.7 Å². The Hall–Kier alpha value is -1.39. The van der Waals surface area contributed by atoms with E-state index in [1.54, 1.807) is 26.8 Å². The van der Waals surface area contributed by atoms with E-state index in [9.17, 15) is 30.0 Å². The lowest BCUT2D eigenvalue weighted by Crippen LogP contribution is -2.79. The number of carbonyl (C=O) groups is 2. The highest BCUT2D eigenvalue weighted by atomic mass is 19.1. The van der Waals surface area contributed by atoms with Gasteiger partial charge in [0.25, 0.3) is 0 Å². The van der Waals surface area contributed by atoms with Crippen LogP contribution in [-0.2, 0) is 19.1 Å². The molecule has 1 heterocycles. The van der Waals surface area contributed by atoms with Gasteiger partial charge >= 0.3 is 5.97 Å². The normalized spacial score (nSPS) is 45.0. The first-order valence-electron chi connectivity index (χ1n) is 11.0. The molecule has 0 bridgehead atoms. The number of ether oxygens (including phenoxy) is 2. The van der Waals surface area contributed by atoms with Crippen LogP contribution in [-0.4, -0.2) is 80.6 Å². The summed E-state index contributed by atoms with van der Waals surface area (Å²) in [4.78, 5) is 25.4. The van der Waals surface area contributed by atoms with Gasteiger partial charge in [-0.3, -0.25) is 9.59 Å². The van der Waals surface area contributed by atoms with E-state index in [0.29, 0.717) is 5.57 Å². The number of fused-ring (bicyclic) bond motifs is 1. The molecule has 0 radical (unpaired) electrons. The number of hydrogen-bond acceptors (Lipinski definition) is 8. The van der Waals surface area contributed by atoms with E-state index in [-0.39, 0.29) is 19.4 Å². The van der Waals surface area contributed by atoms with E-state index in [1.165, 1.54) is 13.8 Å². The Morgan fingerprint density at radius 1 is 1.28 bits per heavy atom. The summed E-state index contributed by atoms with van der Waals surface area (Å²) in [5, 5.41) is 44.2. The molecule has 1 saturated carbocycles. The van der Waals surface area contributed by atoms with E-state index < -0.39 is 70.3 Å². The molecule has 1 aliphatic heterocycles. The first-order chi connectivity index (χ1) is 14.5.